The highest BCUT2D eigenvalue weighted by Crippen LogP contribution is 2.19. The first kappa shape index (κ1) is 10.1. The molecule has 2 nitrogen and oxygen atoms in total. The van der Waals surface area contributed by atoms with Crippen LogP contribution in [0.25, 0.3) is 10.8 Å². The molecule has 0 spiro atoms. The molecule has 0 aliphatic heterocycles. The Labute approximate surface area is 93.7 Å². The fourth-order valence-corrected chi connectivity index (χ4v) is 1.73. The van der Waals surface area contributed by atoms with Crippen LogP contribution in [0.2, 0.25) is 0 Å². The molecule has 0 bridgehead atoms. The van der Waals surface area contributed by atoms with Crippen molar-refractivity contribution in [3.8, 4) is 0 Å². The molecule has 0 atom stereocenters. The summed E-state index contributed by atoms with van der Waals surface area (Å²) in [6.45, 7) is 0. The third kappa shape index (κ3) is 1.97. The highest BCUT2D eigenvalue weighted by molar-refractivity contribution is 7.80. The highest BCUT2D eigenvalue weighted by Gasteiger charge is 2.03. The number of rotatable bonds is 1. The van der Waals surface area contributed by atoms with E-state index in [-0.39, 0.29) is 5.91 Å². The number of thiol groups is 1. The monoisotopic (exact) mass is 217 g/mol. The minimum atomic E-state index is -0.0631. The Morgan fingerprint density at radius 1 is 1.13 bits per heavy atom. The molecule has 2 rings (SSSR count). The number of fused-ring (bicyclic) bond motifs is 1. The van der Waals surface area contributed by atoms with E-state index in [4.69, 9.17) is 0 Å². The third-order valence-corrected chi connectivity index (χ3v) is 2.59. The highest BCUT2D eigenvalue weighted by atomic mass is 32.1. The first-order valence-corrected chi connectivity index (χ1v) is 5.10. The van der Waals surface area contributed by atoms with Gasteiger partial charge >= 0.3 is 0 Å². The van der Waals surface area contributed by atoms with Crippen LogP contribution in [0.1, 0.15) is 10.4 Å². The van der Waals surface area contributed by atoms with E-state index < -0.39 is 0 Å². The van der Waals surface area contributed by atoms with Gasteiger partial charge in [-0.3, -0.25) is 4.79 Å². The smallest absolute Gasteiger partial charge is 0.251 e. The van der Waals surface area contributed by atoms with E-state index >= 15 is 0 Å². The van der Waals surface area contributed by atoms with Crippen LogP contribution in [-0.4, -0.2) is 13.0 Å². The Balaban J connectivity index is 2.57. The first-order valence-electron chi connectivity index (χ1n) is 4.65. The fraction of sp³-hybridized carbons (Fsp3) is 0.0833. The number of carbonyl (C=O) groups excluding carboxylic acids is 1. The molecule has 0 fully saturated rings. The summed E-state index contributed by atoms with van der Waals surface area (Å²) < 4.78 is 0. The Kier molecular flexibility index (Phi) is 2.64. The topological polar surface area (TPSA) is 29.1 Å². The van der Waals surface area contributed by atoms with Gasteiger partial charge in [-0.25, -0.2) is 0 Å². The number of benzene rings is 2. The molecule has 0 aromatic heterocycles. The summed E-state index contributed by atoms with van der Waals surface area (Å²) in [5.74, 6) is -0.0631. The van der Waals surface area contributed by atoms with E-state index in [0.717, 1.165) is 15.7 Å². The van der Waals surface area contributed by atoms with Crippen molar-refractivity contribution in [3.05, 3.63) is 42.0 Å². The van der Waals surface area contributed by atoms with Crippen LogP contribution >= 0.6 is 12.6 Å². The fourth-order valence-electron chi connectivity index (χ4n) is 1.52. The van der Waals surface area contributed by atoms with Crippen LogP contribution in [0, 0.1) is 0 Å². The van der Waals surface area contributed by atoms with Crippen molar-refractivity contribution in [3.63, 3.8) is 0 Å². The quantitative estimate of drug-likeness (QED) is 0.706. The average molecular weight is 217 g/mol. The van der Waals surface area contributed by atoms with Gasteiger partial charge in [0.15, 0.2) is 0 Å². The van der Waals surface area contributed by atoms with Crippen molar-refractivity contribution in [2.24, 2.45) is 0 Å². The van der Waals surface area contributed by atoms with Gasteiger partial charge in [-0.2, -0.15) is 0 Å². The number of carbonyl (C=O) groups is 1. The van der Waals surface area contributed by atoms with E-state index in [0.29, 0.717) is 5.56 Å². The molecular weight excluding hydrogens is 206 g/mol. The lowest BCUT2D eigenvalue weighted by Crippen LogP contribution is -2.17. The summed E-state index contributed by atoms with van der Waals surface area (Å²) in [5, 5.41) is 4.75. The molecule has 3 heteroatoms. The van der Waals surface area contributed by atoms with Crippen molar-refractivity contribution < 1.29 is 4.79 Å². The molecule has 0 unspecified atom stereocenters. The number of amides is 1. The molecule has 0 heterocycles. The molecule has 0 radical (unpaired) electrons. The second kappa shape index (κ2) is 3.95. The zero-order valence-electron chi connectivity index (χ0n) is 8.32. The molecule has 0 aliphatic carbocycles. The lowest BCUT2D eigenvalue weighted by molar-refractivity contribution is 0.0963. The van der Waals surface area contributed by atoms with Gasteiger partial charge < -0.3 is 5.32 Å². The van der Waals surface area contributed by atoms with Crippen LogP contribution in [0.4, 0.5) is 0 Å². The molecule has 2 aromatic rings. The van der Waals surface area contributed by atoms with Gasteiger partial charge in [0.1, 0.15) is 0 Å². The number of hydrogen-bond acceptors (Lipinski definition) is 2. The van der Waals surface area contributed by atoms with Gasteiger partial charge in [0, 0.05) is 17.5 Å². The van der Waals surface area contributed by atoms with Gasteiger partial charge in [0.25, 0.3) is 5.91 Å². The molecule has 2 aromatic carbocycles. The predicted molar refractivity (Wildman–Crippen MR) is 64.6 cm³/mol. The lowest BCUT2D eigenvalue weighted by atomic mass is 10.1. The minimum Gasteiger partial charge on any atom is -0.355 e. The van der Waals surface area contributed by atoms with Crippen LogP contribution in [0.5, 0.6) is 0 Å². The summed E-state index contributed by atoms with van der Waals surface area (Å²) in [7, 11) is 1.63. The molecule has 76 valence electrons. The van der Waals surface area contributed by atoms with Crippen molar-refractivity contribution in [2.45, 2.75) is 4.90 Å². The molecule has 0 aliphatic rings. The van der Waals surface area contributed by atoms with Crippen molar-refractivity contribution in [2.75, 3.05) is 7.05 Å². The second-order valence-electron chi connectivity index (χ2n) is 3.33. The molecule has 1 N–H and O–H groups in total. The van der Waals surface area contributed by atoms with E-state index in [1.165, 1.54) is 0 Å². The predicted octanol–water partition coefficient (Wildman–Crippen LogP) is 2.49. The third-order valence-electron chi connectivity index (χ3n) is 2.31. The zero-order chi connectivity index (χ0) is 10.8. The largest absolute Gasteiger partial charge is 0.355 e. The van der Waals surface area contributed by atoms with Gasteiger partial charge in [-0.1, -0.05) is 12.1 Å². The summed E-state index contributed by atoms with van der Waals surface area (Å²) >= 11 is 4.27. The van der Waals surface area contributed by atoms with Crippen LogP contribution < -0.4 is 5.32 Å². The average Bonchev–Trinajstić information content (AvgIpc) is 2.27. The normalized spacial score (nSPS) is 10.3. The maximum absolute atomic E-state index is 11.4. The lowest BCUT2D eigenvalue weighted by Gasteiger charge is -2.03. The molecule has 0 saturated carbocycles. The Bertz CT molecular complexity index is 522. The maximum atomic E-state index is 11.4. The second-order valence-corrected chi connectivity index (χ2v) is 3.84. The Morgan fingerprint density at radius 3 is 2.53 bits per heavy atom. The van der Waals surface area contributed by atoms with Gasteiger partial charge in [0.05, 0.1) is 0 Å². The first-order chi connectivity index (χ1) is 7.20. The van der Waals surface area contributed by atoms with Gasteiger partial charge in [0.2, 0.25) is 0 Å². The maximum Gasteiger partial charge on any atom is 0.251 e. The number of hydrogen-bond donors (Lipinski definition) is 2. The summed E-state index contributed by atoms with van der Waals surface area (Å²) in [6, 6.07) is 11.5. The molecule has 0 saturated heterocycles. The van der Waals surface area contributed by atoms with Crippen molar-refractivity contribution >= 4 is 29.3 Å². The molecular formula is C12H11NOS. The molecule has 15 heavy (non-hydrogen) atoms. The summed E-state index contributed by atoms with van der Waals surface area (Å²) in [6.07, 6.45) is 0. The van der Waals surface area contributed by atoms with Crippen molar-refractivity contribution in [1.29, 1.82) is 0 Å². The van der Waals surface area contributed by atoms with Crippen LogP contribution in [0.15, 0.2) is 41.3 Å². The van der Waals surface area contributed by atoms with E-state index in [1.54, 1.807) is 7.05 Å². The zero-order valence-corrected chi connectivity index (χ0v) is 9.21. The Morgan fingerprint density at radius 2 is 1.80 bits per heavy atom. The van der Waals surface area contributed by atoms with Crippen LogP contribution in [0.3, 0.4) is 0 Å². The van der Waals surface area contributed by atoms with Gasteiger partial charge in [-0.15, -0.1) is 12.6 Å². The summed E-state index contributed by atoms with van der Waals surface area (Å²) in [5.41, 5.74) is 0.678. The SMILES string of the molecule is CNC(=O)c1ccc2cc(S)ccc2c1. The summed E-state index contributed by atoms with van der Waals surface area (Å²) in [4.78, 5) is 12.3. The van der Waals surface area contributed by atoms with Gasteiger partial charge in [-0.05, 0) is 35.0 Å². The molecule has 1 amide bonds. The Hall–Kier alpha value is -1.48. The van der Waals surface area contributed by atoms with Crippen molar-refractivity contribution in [1.82, 2.24) is 5.32 Å². The number of nitrogens with one attached hydrogen (secondary N) is 1. The van der Waals surface area contributed by atoms with E-state index in [1.807, 2.05) is 36.4 Å². The van der Waals surface area contributed by atoms with E-state index in [9.17, 15) is 4.79 Å². The van der Waals surface area contributed by atoms with E-state index in [2.05, 4.69) is 17.9 Å². The van der Waals surface area contributed by atoms with Crippen LogP contribution in [-0.2, 0) is 0 Å². The minimum absolute atomic E-state index is 0.0631. The standard InChI is InChI=1S/C12H11NOS/c1-13-12(14)10-3-2-9-7-11(15)5-4-8(9)6-10/h2-7,15H,1H3,(H,13,14).